The Hall–Kier alpha value is -1.79. The Kier molecular flexibility index (Phi) is 3.87. The fourth-order valence-corrected chi connectivity index (χ4v) is 2.18. The van der Waals surface area contributed by atoms with Crippen molar-refractivity contribution in [3.05, 3.63) is 23.8 Å². The Bertz CT molecular complexity index is 519. The van der Waals surface area contributed by atoms with Crippen molar-refractivity contribution in [2.24, 2.45) is 0 Å². The minimum Gasteiger partial charge on any atom is -0.497 e. The maximum absolute atomic E-state index is 13.2. The van der Waals surface area contributed by atoms with Crippen LogP contribution < -0.4 is 9.64 Å². The third kappa shape index (κ3) is 2.44. The Morgan fingerprint density at radius 3 is 2.70 bits per heavy atom. The van der Waals surface area contributed by atoms with E-state index in [1.165, 1.54) is 19.2 Å². The van der Waals surface area contributed by atoms with Crippen molar-refractivity contribution >= 4 is 11.6 Å². The molecule has 1 heterocycles. The van der Waals surface area contributed by atoms with Crippen LogP contribution in [0.25, 0.3) is 0 Å². The number of hydrogen-bond acceptors (Lipinski definition) is 2. The van der Waals surface area contributed by atoms with E-state index in [2.05, 4.69) is 0 Å². The second-order valence-electron chi connectivity index (χ2n) is 4.48. The minimum atomic E-state index is -4.67. The van der Waals surface area contributed by atoms with E-state index in [9.17, 15) is 22.4 Å². The van der Waals surface area contributed by atoms with Gasteiger partial charge in [0.15, 0.2) is 0 Å². The second kappa shape index (κ2) is 5.30. The molecular formula is C13H13F4NO2. The van der Waals surface area contributed by atoms with Gasteiger partial charge in [-0.15, -0.1) is 0 Å². The highest BCUT2D eigenvalue weighted by molar-refractivity contribution is 5.99. The number of hydrogen-bond donors (Lipinski definition) is 0. The van der Waals surface area contributed by atoms with Gasteiger partial charge >= 0.3 is 18.3 Å². The lowest BCUT2D eigenvalue weighted by atomic mass is 10.0. The number of halogens is 4. The van der Waals surface area contributed by atoms with Crippen LogP contribution in [0.5, 0.6) is 5.75 Å². The first kappa shape index (κ1) is 14.6. The average molecular weight is 291 g/mol. The molecule has 7 heteroatoms. The number of benzene rings is 1. The molecule has 1 aliphatic rings. The van der Waals surface area contributed by atoms with Crippen LogP contribution in [0.3, 0.4) is 0 Å². The number of nitrogens with zero attached hydrogens (tertiary/aromatic N) is 1. The molecule has 1 aliphatic heterocycles. The standard InChI is InChI=1S/C13H13F4NO2/c1-20-9-4-5-10-8(7-9)3-2-6-18(10)12(19)13(16,17)11(14)15/h4-5,7,11H,2-3,6H2,1H3. The van der Waals surface area contributed by atoms with Gasteiger partial charge in [-0.25, -0.2) is 8.78 Å². The quantitative estimate of drug-likeness (QED) is 0.801. The van der Waals surface area contributed by atoms with Crippen LogP contribution in [0.2, 0.25) is 0 Å². The molecule has 3 nitrogen and oxygen atoms in total. The highest BCUT2D eigenvalue weighted by Gasteiger charge is 2.51. The smallest absolute Gasteiger partial charge is 0.384 e. The Morgan fingerprint density at radius 2 is 2.10 bits per heavy atom. The highest BCUT2D eigenvalue weighted by atomic mass is 19.3. The molecule has 20 heavy (non-hydrogen) atoms. The Morgan fingerprint density at radius 1 is 1.40 bits per heavy atom. The number of aryl methyl sites for hydroxylation is 1. The first-order chi connectivity index (χ1) is 9.37. The fourth-order valence-electron chi connectivity index (χ4n) is 2.18. The van der Waals surface area contributed by atoms with Crippen LogP contribution >= 0.6 is 0 Å². The second-order valence-corrected chi connectivity index (χ2v) is 4.48. The van der Waals surface area contributed by atoms with Crippen molar-refractivity contribution < 1.29 is 27.1 Å². The zero-order chi connectivity index (χ0) is 14.9. The summed E-state index contributed by atoms with van der Waals surface area (Å²) in [7, 11) is 1.46. The minimum absolute atomic E-state index is 0.000468. The molecule has 2 rings (SSSR count). The molecule has 0 N–H and O–H groups in total. The van der Waals surface area contributed by atoms with E-state index in [4.69, 9.17) is 4.74 Å². The first-order valence-electron chi connectivity index (χ1n) is 6.02. The molecule has 0 bridgehead atoms. The molecule has 1 aromatic carbocycles. The monoisotopic (exact) mass is 291 g/mol. The van der Waals surface area contributed by atoms with Gasteiger partial charge in [0, 0.05) is 12.2 Å². The Labute approximate surface area is 113 Å². The van der Waals surface area contributed by atoms with Crippen molar-refractivity contribution in [1.82, 2.24) is 0 Å². The summed E-state index contributed by atoms with van der Waals surface area (Å²) < 4.78 is 56.0. The van der Waals surface area contributed by atoms with Gasteiger partial charge in [0.2, 0.25) is 0 Å². The van der Waals surface area contributed by atoms with E-state index in [1.807, 2.05) is 0 Å². The van der Waals surface area contributed by atoms with Crippen LogP contribution in [0.1, 0.15) is 12.0 Å². The van der Waals surface area contributed by atoms with E-state index in [0.717, 1.165) is 4.90 Å². The highest BCUT2D eigenvalue weighted by Crippen LogP contribution is 2.34. The maximum atomic E-state index is 13.2. The molecule has 0 unspecified atom stereocenters. The number of ether oxygens (including phenoxy) is 1. The molecule has 0 atom stereocenters. The topological polar surface area (TPSA) is 29.5 Å². The van der Waals surface area contributed by atoms with Crippen LogP contribution in [0.15, 0.2) is 18.2 Å². The number of anilines is 1. The van der Waals surface area contributed by atoms with Crippen molar-refractivity contribution in [3.63, 3.8) is 0 Å². The predicted octanol–water partition coefficient (Wildman–Crippen LogP) is 2.87. The molecule has 110 valence electrons. The number of carbonyl (C=O) groups excluding carboxylic acids is 1. The van der Waals surface area contributed by atoms with Gasteiger partial charge in [0.25, 0.3) is 0 Å². The van der Waals surface area contributed by atoms with E-state index in [-0.39, 0.29) is 12.2 Å². The maximum Gasteiger partial charge on any atom is 0.384 e. The van der Waals surface area contributed by atoms with Crippen LogP contribution in [0.4, 0.5) is 23.2 Å². The predicted molar refractivity (Wildman–Crippen MR) is 64.6 cm³/mol. The van der Waals surface area contributed by atoms with Crippen LogP contribution in [0, 0.1) is 0 Å². The number of amides is 1. The van der Waals surface area contributed by atoms with E-state index in [0.29, 0.717) is 24.2 Å². The summed E-state index contributed by atoms with van der Waals surface area (Å²) in [5.41, 5.74) is 0.872. The summed E-state index contributed by atoms with van der Waals surface area (Å²) in [4.78, 5) is 12.4. The SMILES string of the molecule is COc1ccc2c(c1)CCCN2C(=O)C(F)(F)C(F)F. The summed E-state index contributed by atoms with van der Waals surface area (Å²) in [6.07, 6.45) is -3.00. The van der Waals surface area contributed by atoms with E-state index < -0.39 is 18.3 Å². The summed E-state index contributed by atoms with van der Waals surface area (Å²) in [6.45, 7) is 0.000468. The summed E-state index contributed by atoms with van der Waals surface area (Å²) in [5.74, 6) is -6.01. The van der Waals surface area contributed by atoms with Gasteiger partial charge in [-0.05, 0) is 36.6 Å². The zero-order valence-corrected chi connectivity index (χ0v) is 10.7. The molecule has 0 radical (unpaired) electrons. The molecule has 0 spiro atoms. The molecule has 0 aliphatic carbocycles. The molecule has 0 saturated heterocycles. The van der Waals surface area contributed by atoms with Gasteiger partial charge in [-0.1, -0.05) is 0 Å². The van der Waals surface area contributed by atoms with E-state index in [1.54, 1.807) is 6.07 Å². The third-order valence-corrected chi connectivity index (χ3v) is 3.21. The number of fused-ring (bicyclic) bond motifs is 1. The number of alkyl halides is 4. The van der Waals surface area contributed by atoms with Crippen molar-refractivity contribution in [2.75, 3.05) is 18.6 Å². The molecule has 0 fully saturated rings. The largest absolute Gasteiger partial charge is 0.497 e. The lowest BCUT2D eigenvalue weighted by Gasteiger charge is -2.32. The average Bonchev–Trinajstić information content (AvgIpc) is 2.44. The fraction of sp³-hybridized carbons (Fsp3) is 0.462. The molecule has 0 aromatic heterocycles. The molecular weight excluding hydrogens is 278 g/mol. The lowest BCUT2D eigenvalue weighted by Crippen LogP contribution is -2.49. The van der Waals surface area contributed by atoms with Gasteiger partial charge in [0.05, 0.1) is 7.11 Å². The first-order valence-corrected chi connectivity index (χ1v) is 6.02. The number of carbonyl (C=O) groups is 1. The van der Waals surface area contributed by atoms with Crippen LogP contribution in [-0.2, 0) is 11.2 Å². The summed E-state index contributed by atoms with van der Waals surface area (Å²) in [6, 6.07) is 4.56. The zero-order valence-electron chi connectivity index (χ0n) is 10.7. The molecule has 0 saturated carbocycles. The van der Waals surface area contributed by atoms with Gasteiger partial charge in [-0.2, -0.15) is 8.78 Å². The van der Waals surface area contributed by atoms with Crippen molar-refractivity contribution in [1.29, 1.82) is 0 Å². The van der Waals surface area contributed by atoms with Gasteiger partial charge in [-0.3, -0.25) is 4.79 Å². The van der Waals surface area contributed by atoms with Gasteiger partial charge in [0.1, 0.15) is 5.75 Å². The summed E-state index contributed by atoms with van der Waals surface area (Å²) in [5, 5.41) is 0. The van der Waals surface area contributed by atoms with Crippen molar-refractivity contribution in [3.8, 4) is 5.75 Å². The number of methoxy groups -OCH3 is 1. The Balaban J connectivity index is 2.36. The van der Waals surface area contributed by atoms with E-state index >= 15 is 0 Å². The van der Waals surface area contributed by atoms with Crippen LogP contribution in [-0.4, -0.2) is 31.9 Å². The normalized spacial score (nSPS) is 15.2. The molecule has 1 amide bonds. The van der Waals surface area contributed by atoms with Crippen molar-refractivity contribution in [2.45, 2.75) is 25.2 Å². The van der Waals surface area contributed by atoms with Gasteiger partial charge < -0.3 is 9.64 Å². The lowest BCUT2D eigenvalue weighted by molar-refractivity contribution is -0.166. The molecule has 1 aromatic rings. The summed E-state index contributed by atoms with van der Waals surface area (Å²) >= 11 is 0. The third-order valence-electron chi connectivity index (χ3n) is 3.21. The number of rotatable bonds is 3.